The minimum Gasteiger partial charge on any atom is -0.207 e. The molecule has 104 valence electrons. The Morgan fingerprint density at radius 1 is 1.32 bits per heavy atom. The van der Waals surface area contributed by atoms with Crippen molar-refractivity contribution in [3.05, 3.63) is 29.8 Å². The summed E-state index contributed by atoms with van der Waals surface area (Å²) in [5.74, 6) is 0.125. The first-order chi connectivity index (χ1) is 8.90. The second-order valence-electron chi connectivity index (χ2n) is 4.79. The first-order valence-corrected chi connectivity index (χ1v) is 7.85. The normalized spacial score (nSPS) is 14.6. The molecule has 0 bridgehead atoms. The molecule has 1 aromatic carbocycles. The first kappa shape index (κ1) is 15.7. The summed E-state index contributed by atoms with van der Waals surface area (Å²) < 4.78 is 27.1. The molecule has 1 N–H and O–H groups in total. The van der Waals surface area contributed by atoms with Crippen LogP contribution < -0.4 is 4.72 Å². The van der Waals surface area contributed by atoms with Crippen molar-refractivity contribution < 1.29 is 8.42 Å². The van der Waals surface area contributed by atoms with Crippen LogP contribution in [0.1, 0.15) is 32.3 Å². The maximum Gasteiger partial charge on any atom is 0.240 e. The van der Waals surface area contributed by atoms with Gasteiger partial charge in [-0.2, -0.15) is 5.26 Å². The summed E-state index contributed by atoms with van der Waals surface area (Å²) in [5, 5.41) is 8.80. The molecular formula is C14H20N2O2S. The first-order valence-electron chi connectivity index (χ1n) is 6.36. The number of hydrogen-bond donors (Lipinski definition) is 1. The topological polar surface area (TPSA) is 70.0 Å². The van der Waals surface area contributed by atoms with Crippen LogP contribution in [-0.4, -0.2) is 14.5 Å². The standard InChI is InChI=1S/C14H20N2O2S/c1-4-12(3)14(9-10-15)16-19(17,18)13-7-5-11(2)6-8-13/h5-8,12,14,16H,4,9H2,1-3H3/t12?,14-/m0/s1. The monoisotopic (exact) mass is 280 g/mol. The molecule has 0 aliphatic carbocycles. The fraction of sp³-hybridized carbons (Fsp3) is 0.500. The van der Waals surface area contributed by atoms with Gasteiger partial charge >= 0.3 is 0 Å². The van der Waals surface area contributed by atoms with Crippen LogP contribution >= 0.6 is 0 Å². The van der Waals surface area contributed by atoms with Crippen molar-refractivity contribution in [2.24, 2.45) is 5.92 Å². The fourth-order valence-electron chi connectivity index (χ4n) is 1.73. The summed E-state index contributed by atoms with van der Waals surface area (Å²) >= 11 is 0. The van der Waals surface area contributed by atoms with Gasteiger partial charge in [-0.3, -0.25) is 0 Å². The van der Waals surface area contributed by atoms with Gasteiger partial charge in [0.1, 0.15) is 0 Å². The highest BCUT2D eigenvalue weighted by molar-refractivity contribution is 7.89. The van der Waals surface area contributed by atoms with Gasteiger partial charge in [0.15, 0.2) is 0 Å². The molecule has 0 radical (unpaired) electrons. The Bertz CT molecular complexity index is 544. The van der Waals surface area contributed by atoms with E-state index in [9.17, 15) is 8.42 Å². The molecule has 0 aliphatic rings. The highest BCUT2D eigenvalue weighted by Crippen LogP contribution is 2.16. The quantitative estimate of drug-likeness (QED) is 0.870. The third-order valence-electron chi connectivity index (χ3n) is 3.28. The molecule has 0 saturated heterocycles. The number of nitrogens with one attached hydrogen (secondary N) is 1. The summed E-state index contributed by atoms with van der Waals surface area (Å²) in [7, 11) is -3.55. The van der Waals surface area contributed by atoms with Crippen LogP contribution in [0.3, 0.4) is 0 Å². The van der Waals surface area contributed by atoms with Crippen molar-refractivity contribution in [2.75, 3.05) is 0 Å². The lowest BCUT2D eigenvalue weighted by Crippen LogP contribution is -2.39. The highest BCUT2D eigenvalue weighted by Gasteiger charge is 2.23. The van der Waals surface area contributed by atoms with Gasteiger partial charge in [-0.1, -0.05) is 38.0 Å². The van der Waals surface area contributed by atoms with Gasteiger partial charge in [0, 0.05) is 6.04 Å². The van der Waals surface area contributed by atoms with Gasteiger partial charge in [0.2, 0.25) is 10.0 Å². The largest absolute Gasteiger partial charge is 0.240 e. The van der Waals surface area contributed by atoms with E-state index in [-0.39, 0.29) is 23.3 Å². The second kappa shape index (κ2) is 6.69. The molecule has 0 amide bonds. The summed E-state index contributed by atoms with van der Waals surface area (Å²) in [6.07, 6.45) is 1.00. The molecule has 1 rings (SSSR count). The van der Waals surface area contributed by atoms with Gasteiger partial charge < -0.3 is 0 Å². The molecule has 0 fully saturated rings. The van der Waals surface area contributed by atoms with Crippen LogP contribution in [-0.2, 0) is 10.0 Å². The molecule has 19 heavy (non-hydrogen) atoms. The Morgan fingerprint density at radius 2 is 1.89 bits per heavy atom. The molecule has 4 nitrogen and oxygen atoms in total. The summed E-state index contributed by atoms with van der Waals surface area (Å²) in [6, 6.07) is 8.38. The lowest BCUT2D eigenvalue weighted by Gasteiger charge is -2.21. The number of rotatable bonds is 6. The molecule has 1 aromatic rings. The minimum absolute atomic E-state index is 0.125. The Labute approximate surface area is 115 Å². The van der Waals surface area contributed by atoms with E-state index in [0.29, 0.717) is 0 Å². The summed E-state index contributed by atoms with van der Waals surface area (Å²) in [5.41, 5.74) is 1.01. The fourth-order valence-corrected chi connectivity index (χ4v) is 3.07. The number of benzene rings is 1. The Hall–Kier alpha value is -1.38. The third kappa shape index (κ3) is 4.34. The summed E-state index contributed by atoms with van der Waals surface area (Å²) in [4.78, 5) is 0.240. The predicted octanol–water partition coefficient (Wildman–Crippen LogP) is 2.60. The molecule has 0 heterocycles. The number of sulfonamides is 1. The third-order valence-corrected chi connectivity index (χ3v) is 4.79. The van der Waals surface area contributed by atoms with Crippen LogP contribution in [0, 0.1) is 24.2 Å². The van der Waals surface area contributed by atoms with Crippen molar-refractivity contribution in [2.45, 2.75) is 44.6 Å². The highest BCUT2D eigenvalue weighted by atomic mass is 32.2. The average molecular weight is 280 g/mol. The lowest BCUT2D eigenvalue weighted by atomic mass is 9.98. The van der Waals surface area contributed by atoms with Gasteiger partial charge in [-0.05, 0) is 25.0 Å². The Kier molecular flexibility index (Phi) is 5.52. The molecular weight excluding hydrogens is 260 g/mol. The van der Waals surface area contributed by atoms with Gasteiger partial charge in [-0.25, -0.2) is 13.1 Å². The van der Waals surface area contributed by atoms with Crippen LogP contribution in [0.5, 0.6) is 0 Å². The van der Waals surface area contributed by atoms with E-state index >= 15 is 0 Å². The van der Waals surface area contributed by atoms with Crippen molar-refractivity contribution in [3.8, 4) is 6.07 Å². The number of nitrogens with zero attached hydrogens (tertiary/aromatic N) is 1. The minimum atomic E-state index is -3.55. The van der Waals surface area contributed by atoms with Gasteiger partial charge in [0.05, 0.1) is 17.4 Å². The van der Waals surface area contributed by atoms with Crippen molar-refractivity contribution in [3.63, 3.8) is 0 Å². The number of nitriles is 1. The van der Waals surface area contributed by atoms with E-state index in [1.807, 2.05) is 26.8 Å². The lowest BCUT2D eigenvalue weighted by molar-refractivity contribution is 0.414. The van der Waals surface area contributed by atoms with E-state index in [2.05, 4.69) is 4.72 Å². The maximum atomic E-state index is 12.2. The maximum absolute atomic E-state index is 12.2. The zero-order valence-corrected chi connectivity index (χ0v) is 12.4. The van der Waals surface area contributed by atoms with Gasteiger partial charge in [-0.15, -0.1) is 0 Å². The van der Waals surface area contributed by atoms with E-state index in [0.717, 1.165) is 12.0 Å². The predicted molar refractivity (Wildman–Crippen MR) is 75.0 cm³/mol. The van der Waals surface area contributed by atoms with Crippen LogP contribution in [0.2, 0.25) is 0 Å². The molecule has 5 heteroatoms. The Balaban J connectivity index is 2.94. The smallest absolute Gasteiger partial charge is 0.207 e. The molecule has 0 aliphatic heterocycles. The van der Waals surface area contributed by atoms with Crippen LogP contribution in [0.4, 0.5) is 0 Å². The number of aryl methyl sites for hydroxylation is 1. The molecule has 0 spiro atoms. The molecule has 1 unspecified atom stereocenters. The van der Waals surface area contributed by atoms with Crippen LogP contribution in [0.25, 0.3) is 0 Å². The summed E-state index contributed by atoms with van der Waals surface area (Å²) in [6.45, 7) is 5.83. The second-order valence-corrected chi connectivity index (χ2v) is 6.50. The molecule has 0 saturated carbocycles. The van der Waals surface area contributed by atoms with E-state index in [4.69, 9.17) is 5.26 Å². The molecule has 2 atom stereocenters. The van der Waals surface area contributed by atoms with E-state index in [1.165, 1.54) is 0 Å². The SMILES string of the molecule is CCC(C)[C@H](CC#N)NS(=O)(=O)c1ccc(C)cc1. The zero-order chi connectivity index (χ0) is 14.5. The average Bonchev–Trinajstić information content (AvgIpc) is 2.37. The Morgan fingerprint density at radius 3 is 2.37 bits per heavy atom. The van der Waals surface area contributed by atoms with Gasteiger partial charge in [0.25, 0.3) is 0 Å². The van der Waals surface area contributed by atoms with Crippen molar-refractivity contribution in [1.82, 2.24) is 4.72 Å². The van der Waals surface area contributed by atoms with Crippen molar-refractivity contribution in [1.29, 1.82) is 5.26 Å². The van der Waals surface area contributed by atoms with Crippen LogP contribution in [0.15, 0.2) is 29.2 Å². The van der Waals surface area contributed by atoms with Crippen molar-refractivity contribution >= 4 is 10.0 Å². The van der Waals surface area contributed by atoms with E-state index in [1.54, 1.807) is 24.3 Å². The zero-order valence-electron chi connectivity index (χ0n) is 11.6. The number of hydrogen-bond acceptors (Lipinski definition) is 3. The van der Waals surface area contributed by atoms with E-state index < -0.39 is 10.0 Å². The molecule has 0 aromatic heterocycles.